The third kappa shape index (κ3) is 4.07. The van der Waals surface area contributed by atoms with Gasteiger partial charge in [-0.05, 0) is 48.4 Å². The average Bonchev–Trinajstić information content (AvgIpc) is 2.66. The highest BCUT2D eigenvalue weighted by molar-refractivity contribution is 5.81. The summed E-state index contributed by atoms with van der Waals surface area (Å²) in [6, 6.07) is 13.9. The third-order valence-corrected chi connectivity index (χ3v) is 3.86. The first kappa shape index (κ1) is 17.6. The fraction of sp³-hybridized carbons (Fsp3) is 0.211. The molecule has 3 rings (SSSR count). The molecule has 0 unspecified atom stereocenters. The van der Waals surface area contributed by atoms with Gasteiger partial charge in [0.15, 0.2) is 0 Å². The minimum absolute atomic E-state index is 0.117. The monoisotopic (exact) mass is 352 g/mol. The number of ether oxygens (including phenoxy) is 1. The summed E-state index contributed by atoms with van der Waals surface area (Å²) in [7, 11) is 1.63. The van der Waals surface area contributed by atoms with Gasteiger partial charge in [-0.3, -0.25) is 9.36 Å². The second-order valence-electron chi connectivity index (χ2n) is 5.72. The van der Waals surface area contributed by atoms with Gasteiger partial charge in [0.25, 0.3) is 5.56 Å². The van der Waals surface area contributed by atoms with E-state index in [9.17, 15) is 9.90 Å². The molecule has 134 valence electrons. The highest BCUT2D eigenvalue weighted by Crippen LogP contribution is 2.12. The minimum atomic E-state index is -0.117. The number of anilines is 1. The van der Waals surface area contributed by atoms with Crippen molar-refractivity contribution in [1.29, 1.82) is 0 Å². The van der Waals surface area contributed by atoms with Crippen molar-refractivity contribution in [2.45, 2.75) is 13.0 Å². The maximum Gasteiger partial charge on any atom is 0.262 e. The van der Waals surface area contributed by atoms with E-state index in [2.05, 4.69) is 15.5 Å². The Morgan fingerprint density at radius 3 is 2.77 bits per heavy atom. The molecule has 7 heteroatoms. The molecule has 0 saturated carbocycles. The number of aromatic nitrogens is 2. The Morgan fingerprint density at radius 1 is 1.23 bits per heavy atom. The number of nitrogens with zero attached hydrogens (tertiary/aromatic N) is 3. The lowest BCUT2D eigenvalue weighted by Gasteiger charge is -2.12. The van der Waals surface area contributed by atoms with Crippen LogP contribution in [0.2, 0.25) is 0 Å². The van der Waals surface area contributed by atoms with Crippen molar-refractivity contribution in [3.63, 3.8) is 0 Å². The Kier molecular flexibility index (Phi) is 5.60. The van der Waals surface area contributed by atoms with E-state index in [-0.39, 0.29) is 11.3 Å². The molecule has 0 atom stereocenters. The molecule has 0 aliphatic heterocycles. The Balaban J connectivity index is 1.90. The molecule has 0 amide bonds. The van der Waals surface area contributed by atoms with Crippen LogP contribution in [0.1, 0.15) is 12.0 Å². The van der Waals surface area contributed by atoms with Gasteiger partial charge in [0.1, 0.15) is 5.75 Å². The lowest BCUT2D eigenvalue weighted by Crippen LogP contribution is -2.24. The molecule has 0 bridgehead atoms. The number of rotatable bonds is 7. The van der Waals surface area contributed by atoms with Crippen LogP contribution in [0.3, 0.4) is 0 Å². The van der Waals surface area contributed by atoms with Crippen LogP contribution < -0.4 is 11.0 Å². The number of hydrogen-bond donors (Lipinski definition) is 2. The summed E-state index contributed by atoms with van der Waals surface area (Å²) in [6.45, 7) is 1.02. The fourth-order valence-corrected chi connectivity index (χ4v) is 2.55. The molecule has 1 aromatic heterocycles. The highest BCUT2D eigenvalue weighted by Gasteiger charge is 2.10. The van der Waals surface area contributed by atoms with Crippen LogP contribution in [0.4, 0.5) is 5.95 Å². The van der Waals surface area contributed by atoms with Crippen LogP contribution in [0, 0.1) is 0 Å². The van der Waals surface area contributed by atoms with E-state index >= 15 is 0 Å². The fourth-order valence-electron chi connectivity index (χ4n) is 2.55. The van der Waals surface area contributed by atoms with Gasteiger partial charge in [0.2, 0.25) is 5.95 Å². The molecule has 2 aromatic carbocycles. The minimum Gasteiger partial charge on any atom is -0.508 e. The normalized spacial score (nSPS) is 11.3. The number of nitrogens with one attached hydrogen (secondary N) is 1. The van der Waals surface area contributed by atoms with Gasteiger partial charge < -0.3 is 9.84 Å². The van der Waals surface area contributed by atoms with Crippen molar-refractivity contribution in [1.82, 2.24) is 9.55 Å². The maximum absolute atomic E-state index is 12.8. The van der Waals surface area contributed by atoms with E-state index in [1.54, 1.807) is 54.3 Å². The zero-order chi connectivity index (χ0) is 18.4. The van der Waals surface area contributed by atoms with Crippen molar-refractivity contribution in [2.24, 2.45) is 5.10 Å². The number of benzene rings is 2. The van der Waals surface area contributed by atoms with Gasteiger partial charge in [0.05, 0.1) is 17.1 Å². The lowest BCUT2D eigenvalue weighted by atomic mass is 10.2. The van der Waals surface area contributed by atoms with E-state index < -0.39 is 0 Å². The number of aromatic hydroxyl groups is 1. The standard InChI is InChI=1S/C19H20N4O3/c1-26-12-4-11-23-18(25)16-5-2-3-6-17(16)21-19(23)22-20-13-14-7-9-15(24)10-8-14/h2-3,5-10,13,24H,4,11-12H2,1H3,(H,21,22)/b20-13+. The predicted octanol–water partition coefficient (Wildman–Crippen LogP) is 2.58. The number of hydrogen-bond acceptors (Lipinski definition) is 6. The van der Waals surface area contributed by atoms with Crippen molar-refractivity contribution in [3.05, 3.63) is 64.4 Å². The molecule has 1 heterocycles. The van der Waals surface area contributed by atoms with Gasteiger partial charge in [-0.2, -0.15) is 5.10 Å². The number of hydrazone groups is 1. The third-order valence-electron chi connectivity index (χ3n) is 3.86. The van der Waals surface area contributed by atoms with E-state index in [1.165, 1.54) is 0 Å². The molecule has 0 spiro atoms. The van der Waals surface area contributed by atoms with E-state index in [4.69, 9.17) is 4.74 Å². The van der Waals surface area contributed by atoms with Crippen molar-refractivity contribution in [2.75, 3.05) is 19.1 Å². The molecule has 0 aliphatic carbocycles. The van der Waals surface area contributed by atoms with Crippen LogP contribution in [-0.2, 0) is 11.3 Å². The summed E-state index contributed by atoms with van der Waals surface area (Å²) in [4.78, 5) is 17.3. The van der Waals surface area contributed by atoms with Crippen LogP contribution in [0.25, 0.3) is 10.9 Å². The van der Waals surface area contributed by atoms with Gasteiger partial charge in [0, 0.05) is 20.3 Å². The molecule has 3 aromatic rings. The first-order valence-corrected chi connectivity index (χ1v) is 8.25. The summed E-state index contributed by atoms with van der Waals surface area (Å²) in [5.74, 6) is 0.568. The number of fused-ring (bicyclic) bond motifs is 1. The molecule has 0 aliphatic rings. The van der Waals surface area contributed by atoms with Gasteiger partial charge in [-0.15, -0.1) is 0 Å². The Morgan fingerprint density at radius 2 is 2.00 bits per heavy atom. The molecular formula is C19H20N4O3. The SMILES string of the molecule is COCCCn1c(N/N=C/c2ccc(O)cc2)nc2ccccc2c1=O. The zero-order valence-electron chi connectivity index (χ0n) is 14.4. The molecule has 7 nitrogen and oxygen atoms in total. The summed E-state index contributed by atoms with van der Waals surface area (Å²) in [5.41, 5.74) is 4.16. The molecule has 26 heavy (non-hydrogen) atoms. The highest BCUT2D eigenvalue weighted by atomic mass is 16.5. The van der Waals surface area contributed by atoms with Gasteiger partial charge in [-0.1, -0.05) is 12.1 Å². The quantitative estimate of drug-likeness (QED) is 0.388. The Labute approximate surface area is 150 Å². The number of phenolic OH excluding ortho intramolecular Hbond substituents is 1. The molecule has 2 N–H and O–H groups in total. The van der Waals surface area contributed by atoms with Crippen molar-refractivity contribution < 1.29 is 9.84 Å². The molecule has 0 saturated heterocycles. The topological polar surface area (TPSA) is 88.7 Å². The smallest absolute Gasteiger partial charge is 0.262 e. The van der Waals surface area contributed by atoms with Gasteiger partial charge in [-0.25, -0.2) is 10.4 Å². The van der Waals surface area contributed by atoms with E-state index in [0.29, 0.717) is 36.4 Å². The number of para-hydroxylation sites is 1. The molecule has 0 fully saturated rings. The summed E-state index contributed by atoms with van der Waals surface area (Å²) >= 11 is 0. The lowest BCUT2D eigenvalue weighted by molar-refractivity contribution is 0.190. The first-order chi connectivity index (χ1) is 12.7. The second kappa shape index (κ2) is 8.26. The largest absolute Gasteiger partial charge is 0.508 e. The average molecular weight is 352 g/mol. The first-order valence-electron chi connectivity index (χ1n) is 8.25. The van der Waals surface area contributed by atoms with Crippen LogP contribution in [0.5, 0.6) is 5.75 Å². The number of phenols is 1. The van der Waals surface area contributed by atoms with E-state index in [1.807, 2.05) is 12.1 Å². The molecular weight excluding hydrogens is 332 g/mol. The van der Waals surface area contributed by atoms with Crippen LogP contribution in [-0.4, -0.2) is 34.6 Å². The van der Waals surface area contributed by atoms with Crippen molar-refractivity contribution in [3.8, 4) is 5.75 Å². The number of methoxy groups -OCH3 is 1. The van der Waals surface area contributed by atoms with Gasteiger partial charge >= 0.3 is 0 Å². The van der Waals surface area contributed by atoms with Crippen LogP contribution >= 0.6 is 0 Å². The Bertz CT molecular complexity index is 965. The summed E-state index contributed by atoms with van der Waals surface area (Å²) < 4.78 is 6.64. The van der Waals surface area contributed by atoms with Crippen molar-refractivity contribution >= 4 is 23.1 Å². The molecule has 0 radical (unpaired) electrons. The Hall–Kier alpha value is -3.19. The summed E-state index contributed by atoms with van der Waals surface area (Å²) in [5, 5.41) is 14.0. The summed E-state index contributed by atoms with van der Waals surface area (Å²) in [6.07, 6.45) is 2.28. The zero-order valence-corrected chi connectivity index (χ0v) is 14.4. The van der Waals surface area contributed by atoms with E-state index in [0.717, 1.165) is 5.56 Å². The maximum atomic E-state index is 12.8. The van der Waals surface area contributed by atoms with Crippen LogP contribution in [0.15, 0.2) is 58.4 Å². The predicted molar refractivity (Wildman–Crippen MR) is 102 cm³/mol. The second-order valence-corrected chi connectivity index (χ2v) is 5.72.